The Balaban J connectivity index is 4.31. The first-order valence-electron chi connectivity index (χ1n) is 14.5. The standard InChI is InChI=1S/C27H54NO8P/c1-3-5-7-9-10-11-12-13-14-16-18-20-27(30)36-25(24-35-37(31,32)34-22-21-28)23-33-26(29)19-17-15-8-6-4-2/h25H,3-24,28H2,1-2H3,(H,31,32)/t25-/m0/s1. The quantitative estimate of drug-likeness (QED) is 0.0658. The van der Waals surface area contributed by atoms with Crippen LogP contribution < -0.4 is 5.73 Å². The van der Waals surface area contributed by atoms with Gasteiger partial charge in [-0.1, -0.05) is 104 Å². The van der Waals surface area contributed by atoms with Crippen LogP contribution in [0.2, 0.25) is 0 Å². The van der Waals surface area contributed by atoms with Crippen LogP contribution in [-0.2, 0) is 32.7 Å². The average Bonchev–Trinajstić information content (AvgIpc) is 2.87. The number of carbonyl (C=O) groups excluding carboxylic acids is 2. The molecular formula is C27H54NO8P. The van der Waals surface area contributed by atoms with Crippen LogP contribution in [0.4, 0.5) is 0 Å². The molecule has 0 bridgehead atoms. The highest BCUT2D eigenvalue weighted by Crippen LogP contribution is 2.43. The van der Waals surface area contributed by atoms with Crippen LogP contribution in [0.25, 0.3) is 0 Å². The first-order valence-corrected chi connectivity index (χ1v) is 16.0. The van der Waals surface area contributed by atoms with Crippen LogP contribution in [0.3, 0.4) is 0 Å². The molecule has 0 aromatic carbocycles. The second kappa shape index (κ2) is 25.3. The lowest BCUT2D eigenvalue weighted by Crippen LogP contribution is -2.29. The lowest BCUT2D eigenvalue weighted by Gasteiger charge is -2.19. The molecule has 9 nitrogen and oxygen atoms in total. The molecule has 0 amide bonds. The Hall–Kier alpha value is -0.990. The number of hydrogen-bond acceptors (Lipinski definition) is 8. The second-order valence-electron chi connectivity index (χ2n) is 9.63. The summed E-state index contributed by atoms with van der Waals surface area (Å²) < 4.78 is 32.2. The molecule has 0 fully saturated rings. The molecule has 220 valence electrons. The minimum Gasteiger partial charge on any atom is -0.462 e. The van der Waals surface area contributed by atoms with E-state index in [1.54, 1.807) is 0 Å². The van der Waals surface area contributed by atoms with E-state index in [4.69, 9.17) is 24.3 Å². The fourth-order valence-corrected chi connectivity index (χ4v) is 4.57. The summed E-state index contributed by atoms with van der Waals surface area (Å²) in [5.74, 6) is -0.842. The van der Waals surface area contributed by atoms with Gasteiger partial charge in [-0.15, -0.1) is 0 Å². The number of nitrogens with two attached hydrogens (primary N) is 1. The summed E-state index contributed by atoms with van der Waals surface area (Å²) in [5, 5.41) is 0. The topological polar surface area (TPSA) is 134 Å². The first kappa shape index (κ1) is 36.0. The van der Waals surface area contributed by atoms with E-state index >= 15 is 0 Å². The van der Waals surface area contributed by atoms with Crippen LogP contribution in [0.5, 0.6) is 0 Å². The van der Waals surface area contributed by atoms with Gasteiger partial charge in [0.2, 0.25) is 0 Å². The number of hydrogen-bond donors (Lipinski definition) is 2. The van der Waals surface area contributed by atoms with Crippen LogP contribution >= 0.6 is 7.82 Å². The van der Waals surface area contributed by atoms with Gasteiger partial charge < -0.3 is 20.1 Å². The fourth-order valence-electron chi connectivity index (χ4n) is 3.81. The monoisotopic (exact) mass is 551 g/mol. The fraction of sp³-hybridized carbons (Fsp3) is 0.926. The third-order valence-corrected chi connectivity index (χ3v) is 6.98. The van der Waals surface area contributed by atoms with Crippen molar-refractivity contribution < 1.29 is 37.6 Å². The molecule has 0 saturated carbocycles. The van der Waals surface area contributed by atoms with E-state index in [2.05, 4.69) is 13.8 Å². The van der Waals surface area contributed by atoms with Gasteiger partial charge in [-0.2, -0.15) is 0 Å². The van der Waals surface area contributed by atoms with Crippen molar-refractivity contribution in [3.8, 4) is 0 Å². The Bertz CT molecular complexity index is 605. The summed E-state index contributed by atoms with van der Waals surface area (Å²) >= 11 is 0. The maximum atomic E-state index is 12.3. The zero-order chi connectivity index (χ0) is 27.6. The number of carbonyl (C=O) groups is 2. The molecular weight excluding hydrogens is 497 g/mol. The summed E-state index contributed by atoms with van der Waals surface area (Å²) in [7, 11) is -4.34. The largest absolute Gasteiger partial charge is 0.472 e. The third-order valence-electron chi connectivity index (χ3n) is 5.99. The lowest BCUT2D eigenvalue weighted by atomic mass is 10.1. The predicted molar refractivity (Wildman–Crippen MR) is 146 cm³/mol. The van der Waals surface area contributed by atoms with Gasteiger partial charge >= 0.3 is 19.8 Å². The van der Waals surface area contributed by atoms with E-state index in [9.17, 15) is 19.0 Å². The number of phosphoric acid groups is 1. The smallest absolute Gasteiger partial charge is 0.462 e. The molecule has 0 saturated heterocycles. The van der Waals surface area contributed by atoms with E-state index < -0.39 is 32.5 Å². The van der Waals surface area contributed by atoms with Gasteiger partial charge in [0.1, 0.15) is 6.61 Å². The van der Waals surface area contributed by atoms with Gasteiger partial charge in [-0.3, -0.25) is 18.6 Å². The average molecular weight is 552 g/mol. The summed E-state index contributed by atoms with van der Waals surface area (Å²) in [5.41, 5.74) is 5.28. The maximum Gasteiger partial charge on any atom is 0.472 e. The van der Waals surface area contributed by atoms with E-state index in [1.165, 1.54) is 51.4 Å². The number of esters is 2. The highest BCUT2D eigenvalue weighted by atomic mass is 31.2. The number of phosphoric ester groups is 1. The summed E-state index contributed by atoms with van der Waals surface area (Å²) in [6.07, 6.45) is 17.5. The van der Waals surface area contributed by atoms with Crippen LogP contribution in [-0.4, -0.2) is 49.3 Å². The molecule has 0 aliphatic carbocycles. The molecule has 0 aliphatic heterocycles. The van der Waals surface area contributed by atoms with Gasteiger partial charge in [-0.25, -0.2) is 4.57 Å². The molecule has 37 heavy (non-hydrogen) atoms. The van der Waals surface area contributed by atoms with Crippen molar-refractivity contribution in [2.45, 2.75) is 136 Å². The van der Waals surface area contributed by atoms with E-state index in [1.807, 2.05) is 0 Å². The molecule has 2 atom stereocenters. The molecule has 0 aromatic heterocycles. The van der Waals surface area contributed by atoms with E-state index in [0.29, 0.717) is 6.42 Å². The number of rotatable bonds is 27. The highest BCUT2D eigenvalue weighted by molar-refractivity contribution is 7.47. The van der Waals surface area contributed by atoms with E-state index in [-0.39, 0.29) is 32.6 Å². The zero-order valence-electron chi connectivity index (χ0n) is 23.5. The third kappa shape index (κ3) is 25.1. The number of ether oxygens (including phenoxy) is 2. The van der Waals surface area contributed by atoms with Crippen molar-refractivity contribution in [3.63, 3.8) is 0 Å². The Labute approximate surface area is 225 Å². The first-order chi connectivity index (χ1) is 17.8. The Kier molecular flexibility index (Phi) is 24.6. The molecule has 0 aliphatic rings. The predicted octanol–water partition coefficient (Wildman–Crippen LogP) is 6.60. The molecule has 10 heteroatoms. The van der Waals surface area contributed by atoms with Gasteiger partial charge in [0.05, 0.1) is 13.2 Å². The van der Waals surface area contributed by atoms with Gasteiger partial charge in [-0.05, 0) is 12.8 Å². The summed E-state index contributed by atoms with van der Waals surface area (Å²) in [6.45, 7) is 3.59. The minimum absolute atomic E-state index is 0.0567. The molecule has 0 spiro atoms. The Morgan fingerprint density at radius 2 is 1.16 bits per heavy atom. The maximum absolute atomic E-state index is 12.3. The summed E-state index contributed by atoms with van der Waals surface area (Å²) in [6, 6.07) is 0. The Morgan fingerprint density at radius 3 is 1.65 bits per heavy atom. The van der Waals surface area contributed by atoms with Crippen molar-refractivity contribution >= 4 is 19.8 Å². The Morgan fingerprint density at radius 1 is 0.703 bits per heavy atom. The van der Waals surface area contributed by atoms with Gasteiger partial charge in [0.15, 0.2) is 6.10 Å². The molecule has 0 aromatic rings. The van der Waals surface area contributed by atoms with Gasteiger partial charge in [0, 0.05) is 19.4 Å². The van der Waals surface area contributed by atoms with Crippen molar-refractivity contribution in [2.75, 3.05) is 26.4 Å². The van der Waals surface area contributed by atoms with Crippen molar-refractivity contribution in [1.82, 2.24) is 0 Å². The van der Waals surface area contributed by atoms with E-state index in [0.717, 1.165) is 44.9 Å². The van der Waals surface area contributed by atoms with Gasteiger partial charge in [0.25, 0.3) is 0 Å². The van der Waals surface area contributed by atoms with Crippen LogP contribution in [0.1, 0.15) is 129 Å². The zero-order valence-corrected chi connectivity index (χ0v) is 24.4. The normalized spacial score (nSPS) is 13.7. The SMILES string of the molecule is CCCCCCCCCCCCCC(=O)O[C@@H](COC(=O)CCCCCCC)COP(=O)(O)OCCN. The molecule has 3 N–H and O–H groups in total. The van der Waals surface area contributed by atoms with Crippen LogP contribution in [0, 0.1) is 0 Å². The molecule has 0 heterocycles. The highest BCUT2D eigenvalue weighted by Gasteiger charge is 2.25. The van der Waals surface area contributed by atoms with Crippen LogP contribution in [0.15, 0.2) is 0 Å². The van der Waals surface area contributed by atoms with Crippen molar-refractivity contribution in [2.24, 2.45) is 5.73 Å². The second-order valence-corrected chi connectivity index (χ2v) is 11.1. The molecule has 0 radical (unpaired) electrons. The van der Waals surface area contributed by atoms with Crippen molar-refractivity contribution in [1.29, 1.82) is 0 Å². The number of unbranched alkanes of at least 4 members (excludes halogenated alkanes) is 14. The minimum atomic E-state index is -4.34. The lowest BCUT2D eigenvalue weighted by molar-refractivity contribution is -0.161. The molecule has 1 unspecified atom stereocenters. The molecule has 0 rings (SSSR count). The summed E-state index contributed by atoms with van der Waals surface area (Å²) in [4.78, 5) is 34.1. The van der Waals surface area contributed by atoms with Crippen molar-refractivity contribution in [3.05, 3.63) is 0 Å².